The predicted molar refractivity (Wildman–Crippen MR) is 173 cm³/mol. The van der Waals surface area contributed by atoms with Gasteiger partial charge in [0.2, 0.25) is 0 Å². The Morgan fingerprint density at radius 2 is 1.15 bits per heavy atom. The summed E-state index contributed by atoms with van der Waals surface area (Å²) < 4.78 is 31.2. The summed E-state index contributed by atoms with van der Waals surface area (Å²) in [6.45, 7) is 28.2. The van der Waals surface area contributed by atoms with E-state index in [9.17, 15) is 27.6 Å². The fraction of sp³-hybridized carbons (Fsp3) is 0.846. The molecule has 1 aliphatic heterocycles. The summed E-state index contributed by atoms with van der Waals surface area (Å²) in [6, 6.07) is 0. The van der Waals surface area contributed by atoms with Crippen LogP contribution in [0.1, 0.15) is 110 Å². The van der Waals surface area contributed by atoms with E-state index in [1.807, 2.05) is 20.8 Å². The fourth-order valence-electron chi connectivity index (χ4n) is 1.13. The van der Waals surface area contributed by atoms with Crippen molar-refractivity contribution in [3.05, 3.63) is 0 Å². The van der Waals surface area contributed by atoms with E-state index in [1.54, 1.807) is 20.8 Å². The van der Waals surface area contributed by atoms with Crippen molar-refractivity contribution in [3.63, 3.8) is 0 Å². The molecule has 0 aromatic rings. The van der Waals surface area contributed by atoms with Crippen LogP contribution < -0.4 is 0 Å². The molecule has 1 unspecified atom stereocenters. The van der Waals surface area contributed by atoms with Gasteiger partial charge in [0, 0.05) is 12.6 Å². The van der Waals surface area contributed by atoms with Crippen LogP contribution in [0.3, 0.4) is 0 Å². The molecule has 0 radical (unpaired) electrons. The number of carboxylic acid groups (broad SMARTS) is 1. The Bertz CT molecular complexity index is 891. The minimum Gasteiger partial charge on any atom is -0.481 e. The monoisotopic (exact) mass is 793 g/mol. The first-order valence-electron chi connectivity index (χ1n) is 12.2. The molecule has 1 atom stereocenters. The van der Waals surface area contributed by atoms with Crippen molar-refractivity contribution in [2.45, 2.75) is 128 Å². The highest BCUT2D eigenvalue weighted by Gasteiger charge is 2.49. The minimum atomic E-state index is -4.69. The Hall–Kier alpha value is -0.510. The third-order valence-corrected chi connectivity index (χ3v) is 3.94. The molecule has 0 aromatic carbocycles. The van der Waals surface area contributed by atoms with Crippen LogP contribution in [0.4, 0.5) is 0 Å². The topological polar surface area (TPSA) is 155 Å². The second-order valence-electron chi connectivity index (χ2n) is 13.6. The summed E-state index contributed by atoms with van der Waals surface area (Å²) in [4.78, 5) is 48.9. The van der Waals surface area contributed by atoms with Gasteiger partial charge in [0.25, 0.3) is 21.9 Å². The lowest BCUT2D eigenvalue weighted by atomic mass is 9.98. The van der Waals surface area contributed by atoms with Gasteiger partial charge in [-0.05, 0) is 62.3 Å². The van der Waals surface area contributed by atoms with Crippen LogP contribution in [0.5, 0.6) is 0 Å². The van der Waals surface area contributed by atoms with Crippen LogP contribution >= 0.6 is 50.1 Å². The number of alkyl halides is 3. The molecular formula is C26H50BrClINO9S. The number of halogens is 3. The Balaban J connectivity index is -0.000000242. The zero-order valence-corrected chi connectivity index (χ0v) is 31.8. The first-order valence-corrected chi connectivity index (χ1v) is 16.0. The highest BCUT2D eigenvalue weighted by atomic mass is 127. The summed E-state index contributed by atoms with van der Waals surface area (Å²) in [6.07, 6.45) is -0.741. The molecule has 1 aliphatic rings. The molecule has 14 heteroatoms. The molecule has 1 fully saturated rings. The van der Waals surface area contributed by atoms with Gasteiger partial charge >= 0.3 is 11.9 Å². The van der Waals surface area contributed by atoms with Gasteiger partial charge in [0.05, 0.1) is 17.3 Å². The summed E-state index contributed by atoms with van der Waals surface area (Å²) in [5, 5.41) is 6.43. The molecule has 2 amide bonds. The number of nitrogens with zero attached hydrogens (tertiary/aromatic N) is 1. The molecule has 40 heavy (non-hydrogen) atoms. The van der Waals surface area contributed by atoms with E-state index in [-0.39, 0.29) is 9.94 Å². The predicted octanol–water partition coefficient (Wildman–Crippen LogP) is 7.05. The van der Waals surface area contributed by atoms with Gasteiger partial charge in [-0.3, -0.25) is 18.9 Å². The Kier molecular flexibility index (Phi) is 20.4. The Morgan fingerprint density at radius 3 is 1.30 bits per heavy atom. The van der Waals surface area contributed by atoms with E-state index < -0.39 is 56.4 Å². The van der Waals surface area contributed by atoms with Crippen molar-refractivity contribution in [3.8, 4) is 0 Å². The number of carbonyl (C=O) groups is 4. The summed E-state index contributed by atoms with van der Waals surface area (Å²) >= 11 is 11.3. The van der Waals surface area contributed by atoms with Crippen molar-refractivity contribution in [2.24, 2.45) is 10.8 Å². The summed E-state index contributed by atoms with van der Waals surface area (Å²) in [7, 11) is -4.69. The second kappa shape index (κ2) is 17.6. The van der Waals surface area contributed by atoms with E-state index in [1.165, 1.54) is 20.8 Å². The van der Waals surface area contributed by atoms with Gasteiger partial charge in [-0.1, -0.05) is 80.1 Å². The molecule has 10 nitrogen and oxygen atoms in total. The Morgan fingerprint density at radius 1 is 0.900 bits per heavy atom. The fourth-order valence-corrected chi connectivity index (χ4v) is 1.83. The number of hydroxylamine groups is 2. The number of hydrogen-bond donors (Lipinski definition) is 2. The maximum atomic E-state index is 11.5. The average Bonchev–Trinajstić information content (AvgIpc) is 2.84. The molecule has 240 valence electrons. The van der Waals surface area contributed by atoms with E-state index in [2.05, 4.69) is 84.9 Å². The largest absolute Gasteiger partial charge is 0.481 e. The smallest absolute Gasteiger partial charge is 0.338 e. The van der Waals surface area contributed by atoms with Gasteiger partial charge in [0.1, 0.15) is 0 Å². The van der Waals surface area contributed by atoms with Crippen molar-refractivity contribution in [1.29, 1.82) is 0 Å². The lowest BCUT2D eigenvalue weighted by Gasteiger charge is -2.20. The maximum absolute atomic E-state index is 11.5. The zero-order valence-electron chi connectivity index (χ0n) is 26.5. The van der Waals surface area contributed by atoms with Crippen molar-refractivity contribution in [2.75, 3.05) is 0 Å². The van der Waals surface area contributed by atoms with E-state index in [0.29, 0.717) is 7.75 Å². The molecule has 0 aliphatic carbocycles. The quantitative estimate of drug-likeness (QED) is 0.130. The van der Waals surface area contributed by atoms with Crippen LogP contribution in [-0.2, 0) is 34.1 Å². The van der Waals surface area contributed by atoms with Gasteiger partial charge in [-0.25, -0.2) is 4.79 Å². The SMILES string of the molecule is CC(C)(C)Br.CC(C)(C)C(=O)O.CC(C)(C)C(=O)ON1C(=O)CC(S(=O)(=O)O)C1=O.CC(C)(C)Cl.CC(C)(C)I. The lowest BCUT2D eigenvalue weighted by molar-refractivity contribution is -0.203. The number of amides is 2. The minimum absolute atomic E-state index is 0.0278. The molecule has 1 heterocycles. The van der Waals surface area contributed by atoms with Gasteiger partial charge in [0.15, 0.2) is 5.25 Å². The number of carboxylic acids is 1. The Labute approximate surface area is 268 Å². The number of imide groups is 1. The molecular weight excluding hydrogens is 745 g/mol. The first kappa shape index (κ1) is 46.4. The van der Waals surface area contributed by atoms with Crippen LogP contribution in [0.2, 0.25) is 0 Å². The van der Waals surface area contributed by atoms with Crippen LogP contribution in [0.15, 0.2) is 0 Å². The summed E-state index contributed by atoms with van der Waals surface area (Å²) in [5.41, 5.74) is -1.54. The van der Waals surface area contributed by atoms with Gasteiger partial charge < -0.3 is 9.94 Å². The number of carbonyl (C=O) groups excluding carboxylic acids is 3. The molecule has 0 saturated carbocycles. The summed E-state index contributed by atoms with van der Waals surface area (Å²) in [5.74, 6) is -3.87. The highest BCUT2D eigenvalue weighted by molar-refractivity contribution is 14.1. The normalized spacial score (nSPS) is 16.1. The average molecular weight is 795 g/mol. The molecule has 1 rings (SSSR count). The van der Waals surface area contributed by atoms with E-state index >= 15 is 0 Å². The number of hydrogen-bond acceptors (Lipinski definition) is 7. The standard InChI is InChI=1S/C9H13NO7S.C5H10O2.C4H9Br.C4H9Cl.C4H9I/c1-9(2,3)8(13)17-10-6(11)4-5(7(10)12)18(14,15)16;1-5(2,3)4(6)7;3*1-4(2,3)5/h5H,4H2,1-3H3,(H,14,15,16);1-3H3,(H,6,7);3*1-3H3. The molecule has 0 bridgehead atoms. The molecule has 1 saturated heterocycles. The van der Waals surface area contributed by atoms with Crippen LogP contribution in [-0.4, -0.2) is 64.8 Å². The third-order valence-electron chi connectivity index (χ3n) is 2.85. The molecule has 0 spiro atoms. The highest BCUT2D eigenvalue weighted by Crippen LogP contribution is 2.23. The van der Waals surface area contributed by atoms with Crippen molar-refractivity contribution in [1.82, 2.24) is 5.06 Å². The lowest BCUT2D eigenvalue weighted by Crippen LogP contribution is -2.39. The second-order valence-corrected chi connectivity index (χ2v) is 22.0. The van der Waals surface area contributed by atoms with Crippen molar-refractivity contribution >= 4 is 84.0 Å². The van der Waals surface area contributed by atoms with Crippen molar-refractivity contribution < 1.29 is 42.1 Å². The number of aliphatic carboxylic acids is 1. The zero-order chi connectivity index (χ0) is 33.9. The van der Waals surface area contributed by atoms with Crippen LogP contribution in [0.25, 0.3) is 0 Å². The van der Waals surface area contributed by atoms with E-state index in [4.69, 9.17) is 21.3 Å². The molecule has 0 aromatic heterocycles. The van der Waals surface area contributed by atoms with E-state index in [0.717, 1.165) is 0 Å². The first-order chi connectivity index (χ1) is 16.9. The third kappa shape index (κ3) is 35.5. The number of rotatable bonds is 2. The van der Waals surface area contributed by atoms with Crippen LogP contribution in [0, 0.1) is 10.8 Å². The maximum Gasteiger partial charge on any atom is 0.338 e. The molecule has 2 N–H and O–H groups in total. The van der Waals surface area contributed by atoms with Gasteiger partial charge in [-0.2, -0.15) is 8.42 Å². The van der Waals surface area contributed by atoms with Gasteiger partial charge in [-0.15, -0.1) is 16.7 Å².